The lowest BCUT2D eigenvalue weighted by molar-refractivity contribution is -0.115. The Bertz CT molecular complexity index is 360. The highest BCUT2D eigenvalue weighted by Crippen LogP contribution is 2.45. The van der Waals surface area contributed by atoms with Crippen LogP contribution in [0.15, 0.2) is 11.1 Å². The molecule has 2 aliphatic carbocycles. The van der Waals surface area contributed by atoms with Crippen LogP contribution in [0, 0.1) is 17.8 Å². The highest BCUT2D eigenvalue weighted by molar-refractivity contribution is 5.98. The van der Waals surface area contributed by atoms with E-state index in [0.717, 1.165) is 24.8 Å². The average molecular weight is 236 g/mol. The van der Waals surface area contributed by atoms with Crippen LogP contribution < -0.4 is 0 Å². The predicted octanol–water partition coefficient (Wildman–Crippen LogP) is 3.10. The van der Waals surface area contributed by atoms with Crippen molar-refractivity contribution in [2.75, 3.05) is 0 Å². The fraction of sp³-hybridized carbons (Fsp3) is 0.800. The summed E-state index contributed by atoms with van der Waals surface area (Å²) >= 11 is 0. The van der Waals surface area contributed by atoms with Crippen molar-refractivity contribution in [3.63, 3.8) is 0 Å². The first-order chi connectivity index (χ1) is 7.80. The molecule has 3 atom stereocenters. The Morgan fingerprint density at radius 2 is 1.88 bits per heavy atom. The van der Waals surface area contributed by atoms with Gasteiger partial charge in [0.2, 0.25) is 0 Å². The summed E-state index contributed by atoms with van der Waals surface area (Å²) in [4.78, 5) is 11.8. The Labute approximate surface area is 104 Å². The number of hydrogen-bond donors (Lipinski definition) is 1. The van der Waals surface area contributed by atoms with Gasteiger partial charge in [-0.25, -0.2) is 0 Å². The highest BCUT2D eigenvalue weighted by Gasteiger charge is 2.39. The van der Waals surface area contributed by atoms with E-state index >= 15 is 0 Å². The van der Waals surface area contributed by atoms with E-state index in [1.54, 1.807) is 0 Å². The van der Waals surface area contributed by atoms with Crippen molar-refractivity contribution < 1.29 is 9.90 Å². The van der Waals surface area contributed by atoms with E-state index in [1.165, 1.54) is 5.57 Å². The third kappa shape index (κ3) is 2.33. The molecule has 0 spiro atoms. The van der Waals surface area contributed by atoms with Gasteiger partial charge in [0.25, 0.3) is 0 Å². The van der Waals surface area contributed by atoms with Crippen LogP contribution in [0.3, 0.4) is 0 Å². The van der Waals surface area contributed by atoms with Crippen molar-refractivity contribution in [2.24, 2.45) is 17.8 Å². The van der Waals surface area contributed by atoms with Gasteiger partial charge in [-0.2, -0.15) is 0 Å². The van der Waals surface area contributed by atoms with Gasteiger partial charge in [-0.05, 0) is 63.4 Å². The minimum absolute atomic E-state index is 0.297. The molecule has 0 amide bonds. The first-order valence-electron chi connectivity index (χ1n) is 6.76. The van der Waals surface area contributed by atoms with Crippen LogP contribution in [0.25, 0.3) is 0 Å². The molecular weight excluding hydrogens is 212 g/mol. The van der Waals surface area contributed by atoms with Crippen LogP contribution in [0.1, 0.15) is 53.4 Å². The minimum Gasteiger partial charge on any atom is -0.390 e. The first-order valence-corrected chi connectivity index (χ1v) is 6.76. The number of carbonyl (C=O) groups is 1. The summed E-state index contributed by atoms with van der Waals surface area (Å²) in [7, 11) is 0. The quantitative estimate of drug-likeness (QED) is 0.759. The van der Waals surface area contributed by atoms with Gasteiger partial charge in [0.15, 0.2) is 5.78 Å². The molecule has 1 fully saturated rings. The number of Topliss-reactive ketones (excluding diaryl/α,β-unsaturated/α-hetero) is 1. The zero-order valence-electron chi connectivity index (χ0n) is 11.4. The van der Waals surface area contributed by atoms with Gasteiger partial charge in [0.05, 0.1) is 5.60 Å². The molecule has 0 radical (unpaired) electrons. The average Bonchev–Trinajstić information content (AvgIpc) is 2.40. The summed E-state index contributed by atoms with van der Waals surface area (Å²) in [6, 6.07) is 0. The Kier molecular flexibility index (Phi) is 3.19. The van der Waals surface area contributed by atoms with Crippen molar-refractivity contribution in [1.29, 1.82) is 0 Å². The van der Waals surface area contributed by atoms with Gasteiger partial charge < -0.3 is 5.11 Å². The number of allylic oxidation sites excluding steroid dienone is 2. The van der Waals surface area contributed by atoms with Crippen molar-refractivity contribution in [3.05, 3.63) is 11.1 Å². The number of fused-ring (bicyclic) bond motifs is 1. The van der Waals surface area contributed by atoms with Crippen molar-refractivity contribution in [2.45, 2.75) is 59.0 Å². The summed E-state index contributed by atoms with van der Waals surface area (Å²) in [5.41, 5.74) is 1.69. The Morgan fingerprint density at radius 1 is 1.24 bits per heavy atom. The molecule has 2 nitrogen and oxygen atoms in total. The summed E-state index contributed by atoms with van der Waals surface area (Å²) in [5.74, 6) is 1.66. The molecule has 0 aliphatic heterocycles. The largest absolute Gasteiger partial charge is 0.390 e. The van der Waals surface area contributed by atoms with E-state index in [0.29, 0.717) is 30.0 Å². The van der Waals surface area contributed by atoms with Crippen molar-refractivity contribution in [1.82, 2.24) is 0 Å². The van der Waals surface area contributed by atoms with E-state index < -0.39 is 5.60 Å². The molecule has 0 saturated heterocycles. The maximum atomic E-state index is 11.8. The fourth-order valence-electron chi connectivity index (χ4n) is 3.42. The molecule has 0 aromatic rings. The smallest absolute Gasteiger partial charge is 0.159 e. The number of hydrogen-bond acceptors (Lipinski definition) is 2. The van der Waals surface area contributed by atoms with Gasteiger partial charge in [0, 0.05) is 6.42 Å². The molecule has 1 N–H and O–H groups in total. The van der Waals surface area contributed by atoms with Crippen LogP contribution in [-0.2, 0) is 4.79 Å². The molecule has 0 heterocycles. The van der Waals surface area contributed by atoms with Gasteiger partial charge in [0.1, 0.15) is 0 Å². The molecular formula is C15H24O2. The van der Waals surface area contributed by atoms with Gasteiger partial charge in [-0.3, -0.25) is 4.79 Å². The molecule has 1 unspecified atom stereocenters. The maximum absolute atomic E-state index is 11.8. The monoisotopic (exact) mass is 236 g/mol. The molecule has 17 heavy (non-hydrogen) atoms. The number of aliphatic hydroxyl groups is 1. The first kappa shape index (κ1) is 12.8. The molecule has 0 bridgehead atoms. The lowest BCUT2D eigenvalue weighted by atomic mass is 9.82. The SMILES string of the molecule is CC1=C2CC(C(C)(C)O)CC[C@H](C)[C@@H]2CC1=O. The van der Waals surface area contributed by atoms with Crippen LogP contribution in [0.5, 0.6) is 0 Å². The molecule has 2 rings (SSSR count). The fourth-order valence-corrected chi connectivity index (χ4v) is 3.42. The molecule has 0 aromatic heterocycles. The van der Waals surface area contributed by atoms with E-state index in [4.69, 9.17) is 0 Å². The second kappa shape index (κ2) is 4.24. The zero-order valence-corrected chi connectivity index (χ0v) is 11.4. The van der Waals surface area contributed by atoms with Crippen LogP contribution in [0.2, 0.25) is 0 Å². The summed E-state index contributed by atoms with van der Waals surface area (Å²) in [5, 5.41) is 10.2. The number of ketones is 1. The van der Waals surface area contributed by atoms with Gasteiger partial charge in [-0.15, -0.1) is 0 Å². The zero-order chi connectivity index (χ0) is 12.8. The lowest BCUT2D eigenvalue weighted by Crippen LogP contribution is -2.30. The predicted molar refractivity (Wildman–Crippen MR) is 68.6 cm³/mol. The summed E-state index contributed by atoms with van der Waals surface area (Å²) in [6.07, 6.45) is 3.83. The van der Waals surface area contributed by atoms with Crippen molar-refractivity contribution in [3.8, 4) is 0 Å². The van der Waals surface area contributed by atoms with Crippen molar-refractivity contribution >= 4 is 5.78 Å². The summed E-state index contributed by atoms with van der Waals surface area (Å²) in [6.45, 7) is 8.02. The Balaban J connectivity index is 2.31. The maximum Gasteiger partial charge on any atom is 0.159 e. The molecule has 1 saturated carbocycles. The van der Waals surface area contributed by atoms with E-state index in [9.17, 15) is 9.90 Å². The topological polar surface area (TPSA) is 37.3 Å². The third-order valence-corrected chi connectivity index (χ3v) is 4.88. The van der Waals surface area contributed by atoms with E-state index in [2.05, 4.69) is 6.92 Å². The van der Waals surface area contributed by atoms with E-state index in [1.807, 2.05) is 20.8 Å². The minimum atomic E-state index is -0.631. The molecule has 2 aliphatic rings. The molecule has 0 aromatic carbocycles. The second-order valence-electron chi connectivity index (χ2n) is 6.49. The molecule has 96 valence electrons. The number of carbonyl (C=O) groups excluding carboxylic acids is 1. The van der Waals surface area contributed by atoms with Gasteiger partial charge in [-0.1, -0.05) is 12.5 Å². The van der Waals surface area contributed by atoms with Crippen LogP contribution >= 0.6 is 0 Å². The number of rotatable bonds is 1. The second-order valence-corrected chi connectivity index (χ2v) is 6.49. The summed E-state index contributed by atoms with van der Waals surface area (Å²) < 4.78 is 0. The normalized spacial score (nSPS) is 34.9. The third-order valence-electron chi connectivity index (χ3n) is 4.88. The lowest BCUT2D eigenvalue weighted by Gasteiger charge is -2.29. The Morgan fingerprint density at radius 3 is 2.47 bits per heavy atom. The Hall–Kier alpha value is -0.630. The standard InChI is InChI=1S/C15H24O2/c1-9-5-6-11(15(3,4)17)7-13-10(2)14(16)8-12(9)13/h9,11-12,17H,5-8H2,1-4H3/t9-,11?,12-/m0/s1. The molecule has 2 heteroatoms. The van der Waals surface area contributed by atoms with Gasteiger partial charge >= 0.3 is 0 Å². The van der Waals surface area contributed by atoms with E-state index in [-0.39, 0.29) is 0 Å². The highest BCUT2D eigenvalue weighted by atomic mass is 16.3. The van der Waals surface area contributed by atoms with Crippen LogP contribution in [-0.4, -0.2) is 16.5 Å². The van der Waals surface area contributed by atoms with Crippen LogP contribution in [0.4, 0.5) is 0 Å².